The van der Waals surface area contributed by atoms with Crippen LogP contribution in [-0.4, -0.2) is 50.6 Å². The van der Waals surface area contributed by atoms with Crippen LogP contribution in [0, 0.1) is 0 Å². The first-order chi connectivity index (χ1) is 7.60. The highest BCUT2D eigenvalue weighted by Gasteiger charge is 2.38. The van der Waals surface area contributed by atoms with Crippen molar-refractivity contribution < 1.29 is 9.47 Å². The van der Waals surface area contributed by atoms with E-state index >= 15 is 0 Å². The summed E-state index contributed by atoms with van der Waals surface area (Å²) in [4.78, 5) is 2.37. The number of rotatable bonds is 9. The third-order valence-electron chi connectivity index (χ3n) is 3.06. The van der Waals surface area contributed by atoms with Crippen LogP contribution < -0.4 is 5.73 Å². The Bertz CT molecular complexity index is 168. The zero-order valence-electron chi connectivity index (χ0n) is 11.5. The molecule has 0 aliphatic rings. The van der Waals surface area contributed by atoms with Gasteiger partial charge in [-0.15, -0.1) is 0 Å². The number of methoxy groups -OCH3 is 2. The fourth-order valence-electron chi connectivity index (χ4n) is 2.14. The molecule has 1 unspecified atom stereocenters. The summed E-state index contributed by atoms with van der Waals surface area (Å²) in [7, 11) is 3.33. The van der Waals surface area contributed by atoms with Gasteiger partial charge in [-0.3, -0.25) is 4.90 Å². The van der Waals surface area contributed by atoms with Gasteiger partial charge in [0.25, 0.3) is 0 Å². The van der Waals surface area contributed by atoms with E-state index in [0.717, 1.165) is 25.9 Å². The Kier molecular flexibility index (Phi) is 7.93. The van der Waals surface area contributed by atoms with E-state index in [4.69, 9.17) is 15.2 Å². The van der Waals surface area contributed by atoms with Gasteiger partial charge in [0, 0.05) is 20.8 Å². The molecule has 0 heterocycles. The van der Waals surface area contributed by atoms with Crippen LogP contribution in [0.3, 0.4) is 0 Å². The van der Waals surface area contributed by atoms with Crippen molar-refractivity contribution in [2.24, 2.45) is 5.73 Å². The van der Waals surface area contributed by atoms with Crippen molar-refractivity contribution in [3.05, 3.63) is 0 Å². The van der Waals surface area contributed by atoms with E-state index in [9.17, 15) is 0 Å². The SMILES string of the molecule is CCCN(CCC)C(C)(CN)C(OC)OC. The first-order valence-corrected chi connectivity index (χ1v) is 6.11. The predicted molar refractivity (Wildman–Crippen MR) is 67.4 cm³/mol. The van der Waals surface area contributed by atoms with Crippen LogP contribution in [-0.2, 0) is 9.47 Å². The molecule has 1 atom stereocenters. The van der Waals surface area contributed by atoms with Gasteiger partial charge in [0.05, 0.1) is 5.54 Å². The molecule has 4 nitrogen and oxygen atoms in total. The maximum Gasteiger partial charge on any atom is 0.176 e. The fourth-order valence-corrected chi connectivity index (χ4v) is 2.14. The summed E-state index contributed by atoms with van der Waals surface area (Å²) in [6.45, 7) is 9.02. The van der Waals surface area contributed by atoms with E-state index in [1.165, 1.54) is 0 Å². The molecule has 16 heavy (non-hydrogen) atoms. The monoisotopic (exact) mass is 232 g/mol. The van der Waals surface area contributed by atoms with E-state index in [1.54, 1.807) is 14.2 Å². The number of hydrogen-bond donors (Lipinski definition) is 1. The zero-order valence-corrected chi connectivity index (χ0v) is 11.5. The summed E-state index contributed by atoms with van der Waals surface area (Å²) in [5, 5.41) is 0. The van der Waals surface area contributed by atoms with Crippen molar-refractivity contribution in [2.45, 2.75) is 45.4 Å². The number of ether oxygens (including phenoxy) is 2. The van der Waals surface area contributed by atoms with Gasteiger partial charge in [-0.2, -0.15) is 0 Å². The molecule has 0 amide bonds. The van der Waals surface area contributed by atoms with Crippen molar-refractivity contribution >= 4 is 0 Å². The summed E-state index contributed by atoms with van der Waals surface area (Å²) in [5.41, 5.74) is 5.66. The van der Waals surface area contributed by atoms with Gasteiger partial charge in [-0.25, -0.2) is 0 Å². The van der Waals surface area contributed by atoms with Gasteiger partial charge in [0.15, 0.2) is 6.29 Å². The second kappa shape index (κ2) is 8.01. The Morgan fingerprint density at radius 2 is 1.56 bits per heavy atom. The molecule has 2 N–H and O–H groups in total. The van der Waals surface area contributed by atoms with E-state index in [1.807, 2.05) is 0 Å². The minimum absolute atomic E-state index is 0.254. The Morgan fingerprint density at radius 3 is 1.81 bits per heavy atom. The lowest BCUT2D eigenvalue weighted by Crippen LogP contribution is -2.60. The maximum absolute atomic E-state index is 5.92. The normalized spacial score (nSPS) is 15.8. The van der Waals surface area contributed by atoms with Gasteiger partial charge >= 0.3 is 0 Å². The van der Waals surface area contributed by atoms with Crippen LogP contribution in [0.2, 0.25) is 0 Å². The number of nitrogens with two attached hydrogens (primary N) is 1. The van der Waals surface area contributed by atoms with Gasteiger partial charge in [-0.05, 0) is 32.9 Å². The van der Waals surface area contributed by atoms with Crippen molar-refractivity contribution in [2.75, 3.05) is 33.9 Å². The van der Waals surface area contributed by atoms with Crippen LogP contribution >= 0.6 is 0 Å². The molecule has 0 aliphatic heterocycles. The highest BCUT2D eigenvalue weighted by atomic mass is 16.7. The molecule has 0 bridgehead atoms. The quantitative estimate of drug-likeness (QED) is 0.611. The third-order valence-corrected chi connectivity index (χ3v) is 3.06. The summed E-state index contributed by atoms with van der Waals surface area (Å²) in [6.07, 6.45) is 1.93. The van der Waals surface area contributed by atoms with Crippen LogP contribution in [0.25, 0.3) is 0 Å². The minimum atomic E-state index is -0.282. The van der Waals surface area contributed by atoms with Crippen LogP contribution in [0.5, 0.6) is 0 Å². The van der Waals surface area contributed by atoms with Gasteiger partial charge in [0.2, 0.25) is 0 Å². The standard InChI is InChI=1S/C12H28N2O2/c1-6-8-14(9-7-2)12(3,10-13)11(15-4)16-5/h11H,6-10,13H2,1-5H3. The molecule has 0 saturated heterocycles. The van der Waals surface area contributed by atoms with E-state index < -0.39 is 0 Å². The average molecular weight is 232 g/mol. The second-order valence-corrected chi connectivity index (χ2v) is 4.35. The molecule has 98 valence electrons. The van der Waals surface area contributed by atoms with E-state index in [2.05, 4.69) is 25.7 Å². The van der Waals surface area contributed by atoms with Crippen molar-refractivity contribution in [1.82, 2.24) is 4.90 Å². The largest absolute Gasteiger partial charge is 0.354 e. The highest BCUT2D eigenvalue weighted by Crippen LogP contribution is 2.22. The van der Waals surface area contributed by atoms with E-state index in [0.29, 0.717) is 6.54 Å². The molecular formula is C12H28N2O2. The molecule has 0 spiro atoms. The van der Waals surface area contributed by atoms with Gasteiger partial charge < -0.3 is 15.2 Å². The van der Waals surface area contributed by atoms with Crippen LogP contribution in [0.4, 0.5) is 0 Å². The fraction of sp³-hybridized carbons (Fsp3) is 1.00. The number of hydrogen-bond acceptors (Lipinski definition) is 4. The van der Waals surface area contributed by atoms with Gasteiger partial charge in [-0.1, -0.05) is 13.8 Å². The molecule has 0 rings (SSSR count). The Hall–Kier alpha value is -0.160. The molecular weight excluding hydrogens is 204 g/mol. The minimum Gasteiger partial charge on any atom is -0.354 e. The smallest absolute Gasteiger partial charge is 0.176 e. The maximum atomic E-state index is 5.92. The lowest BCUT2D eigenvalue weighted by molar-refractivity contribution is -0.181. The molecule has 0 aromatic heterocycles. The molecule has 0 radical (unpaired) electrons. The third kappa shape index (κ3) is 3.70. The molecule has 0 saturated carbocycles. The Morgan fingerprint density at radius 1 is 1.12 bits per heavy atom. The summed E-state index contributed by atoms with van der Waals surface area (Å²) in [6, 6.07) is 0. The average Bonchev–Trinajstić information content (AvgIpc) is 2.30. The summed E-state index contributed by atoms with van der Waals surface area (Å²) in [5.74, 6) is 0. The van der Waals surface area contributed by atoms with E-state index in [-0.39, 0.29) is 11.8 Å². The number of nitrogens with zero attached hydrogens (tertiary/aromatic N) is 1. The molecule has 0 aromatic carbocycles. The molecule has 0 aliphatic carbocycles. The first kappa shape index (κ1) is 15.8. The summed E-state index contributed by atoms with van der Waals surface area (Å²) >= 11 is 0. The Balaban J connectivity index is 4.82. The highest BCUT2D eigenvalue weighted by molar-refractivity contribution is 4.90. The topological polar surface area (TPSA) is 47.7 Å². The van der Waals surface area contributed by atoms with Gasteiger partial charge in [0.1, 0.15) is 0 Å². The Labute approximate surface area is 100 Å². The lowest BCUT2D eigenvalue weighted by atomic mass is 9.98. The van der Waals surface area contributed by atoms with Crippen LogP contribution in [0.15, 0.2) is 0 Å². The summed E-state index contributed by atoms with van der Waals surface area (Å²) < 4.78 is 10.8. The van der Waals surface area contributed by atoms with Crippen LogP contribution in [0.1, 0.15) is 33.6 Å². The van der Waals surface area contributed by atoms with Crippen molar-refractivity contribution in [3.8, 4) is 0 Å². The predicted octanol–water partition coefficient (Wildman–Crippen LogP) is 1.44. The molecule has 0 fully saturated rings. The van der Waals surface area contributed by atoms with Crippen molar-refractivity contribution in [1.29, 1.82) is 0 Å². The lowest BCUT2D eigenvalue weighted by Gasteiger charge is -2.44. The molecule has 0 aromatic rings. The molecule has 4 heteroatoms. The zero-order chi connectivity index (χ0) is 12.6. The van der Waals surface area contributed by atoms with Crippen molar-refractivity contribution in [3.63, 3.8) is 0 Å². The second-order valence-electron chi connectivity index (χ2n) is 4.35. The first-order valence-electron chi connectivity index (χ1n) is 6.11.